The van der Waals surface area contributed by atoms with E-state index in [0.717, 1.165) is 11.6 Å². The highest BCUT2D eigenvalue weighted by atomic mass is 35.5. The third-order valence-corrected chi connectivity index (χ3v) is 8.47. The minimum atomic E-state index is -0.652. The van der Waals surface area contributed by atoms with Gasteiger partial charge in [0, 0.05) is 68.3 Å². The molecule has 0 bridgehead atoms. The predicted molar refractivity (Wildman–Crippen MR) is 167 cm³/mol. The van der Waals surface area contributed by atoms with Gasteiger partial charge in [0.05, 0.1) is 23.6 Å². The number of halogens is 4. The van der Waals surface area contributed by atoms with Crippen molar-refractivity contribution in [3.05, 3.63) is 82.2 Å². The zero-order chi connectivity index (χ0) is 29.8. The molecule has 0 unspecified atom stereocenters. The molecule has 13 heteroatoms. The minimum absolute atomic E-state index is 0. The molecule has 2 atom stereocenters. The number of carbonyl (C=O) groups excluding carboxylic acids is 2. The van der Waals surface area contributed by atoms with Crippen LogP contribution in [0.3, 0.4) is 0 Å². The van der Waals surface area contributed by atoms with E-state index >= 15 is 0 Å². The second-order valence-electron chi connectivity index (χ2n) is 12.3. The van der Waals surface area contributed by atoms with Gasteiger partial charge in [0.1, 0.15) is 17.4 Å². The van der Waals surface area contributed by atoms with Crippen molar-refractivity contribution in [1.82, 2.24) is 25.3 Å². The zero-order valence-corrected chi connectivity index (χ0v) is 26.4. The van der Waals surface area contributed by atoms with E-state index in [-0.39, 0.29) is 67.4 Å². The van der Waals surface area contributed by atoms with Crippen molar-refractivity contribution in [3.63, 3.8) is 0 Å². The van der Waals surface area contributed by atoms with Gasteiger partial charge in [-0.15, -0.1) is 24.8 Å². The molecule has 2 aromatic carbocycles. The number of anilines is 1. The summed E-state index contributed by atoms with van der Waals surface area (Å²) in [5, 5.41) is 22.1. The molecule has 4 heterocycles. The summed E-state index contributed by atoms with van der Waals surface area (Å²) in [6, 6.07) is 10.2. The van der Waals surface area contributed by atoms with Crippen LogP contribution in [0, 0.1) is 11.6 Å². The van der Waals surface area contributed by atoms with Gasteiger partial charge in [0.25, 0.3) is 5.91 Å². The van der Waals surface area contributed by atoms with Gasteiger partial charge in [-0.2, -0.15) is 10.2 Å². The summed E-state index contributed by atoms with van der Waals surface area (Å²) in [5.74, 6) is -1.44. The molecule has 6 rings (SSSR count). The molecular weight excluding hydrogens is 613 g/mol. The molecule has 2 amide bonds. The Morgan fingerprint density at radius 1 is 1.11 bits per heavy atom. The number of aromatic hydroxyl groups is 1. The van der Waals surface area contributed by atoms with Gasteiger partial charge < -0.3 is 20.2 Å². The van der Waals surface area contributed by atoms with Crippen molar-refractivity contribution in [3.8, 4) is 5.75 Å². The second-order valence-corrected chi connectivity index (χ2v) is 12.3. The maximum Gasteiger partial charge on any atom is 0.254 e. The van der Waals surface area contributed by atoms with E-state index in [0.29, 0.717) is 60.9 Å². The van der Waals surface area contributed by atoms with Crippen LogP contribution in [0.15, 0.2) is 42.5 Å². The van der Waals surface area contributed by atoms with Gasteiger partial charge in [-0.25, -0.2) is 8.78 Å². The quantitative estimate of drug-likeness (QED) is 0.419. The van der Waals surface area contributed by atoms with Crippen LogP contribution in [0.1, 0.15) is 53.6 Å². The van der Waals surface area contributed by atoms with E-state index in [9.17, 15) is 23.5 Å². The second kappa shape index (κ2) is 12.9. The standard InChI is InChI=1S/C31H34F2N6O3.2ClH/c1-18-13-37(23(12-34-18)15-38-14-20-5-7-24(40)11-25(20)30(38)42)16-28(41)39-17-31(2,3)29-27(39)10-22(35-36-29)8-19-4-6-21(32)9-26(19)33;;/h4-7,9-11,18,23,34,40H,8,12-17H2,1-3H3;2*1H/t18-,23-;;/m1../s1. The smallest absolute Gasteiger partial charge is 0.254 e. The highest BCUT2D eigenvalue weighted by Gasteiger charge is 2.42. The summed E-state index contributed by atoms with van der Waals surface area (Å²) in [5.41, 5.74) is 3.12. The predicted octanol–water partition coefficient (Wildman–Crippen LogP) is 3.84. The van der Waals surface area contributed by atoms with Crippen LogP contribution in [0.4, 0.5) is 14.5 Å². The number of carbonyl (C=O) groups is 2. The molecule has 236 valence electrons. The Morgan fingerprint density at radius 2 is 1.89 bits per heavy atom. The number of hydrogen-bond donors (Lipinski definition) is 2. The van der Waals surface area contributed by atoms with Crippen molar-refractivity contribution >= 4 is 42.3 Å². The van der Waals surface area contributed by atoms with Crippen LogP contribution in [0.25, 0.3) is 0 Å². The van der Waals surface area contributed by atoms with Crippen molar-refractivity contribution in [2.24, 2.45) is 0 Å². The molecule has 9 nitrogen and oxygen atoms in total. The Labute approximate surface area is 267 Å². The molecule has 0 aliphatic carbocycles. The van der Waals surface area contributed by atoms with Crippen LogP contribution < -0.4 is 10.2 Å². The van der Waals surface area contributed by atoms with E-state index < -0.39 is 17.0 Å². The number of phenolic OH excluding ortho intramolecular Hbond substituents is 1. The molecule has 0 spiro atoms. The number of nitrogens with zero attached hydrogens (tertiary/aromatic N) is 5. The number of amides is 2. The van der Waals surface area contributed by atoms with Gasteiger partial charge in [-0.05, 0) is 42.3 Å². The first-order chi connectivity index (χ1) is 20.0. The zero-order valence-electron chi connectivity index (χ0n) is 24.7. The van der Waals surface area contributed by atoms with E-state index in [4.69, 9.17) is 0 Å². The van der Waals surface area contributed by atoms with Crippen molar-refractivity contribution in [2.45, 2.75) is 51.2 Å². The van der Waals surface area contributed by atoms with E-state index in [1.165, 1.54) is 18.2 Å². The molecule has 44 heavy (non-hydrogen) atoms. The first-order valence-corrected chi connectivity index (χ1v) is 14.2. The molecular formula is C31H36Cl2F2N6O3. The summed E-state index contributed by atoms with van der Waals surface area (Å²) in [6.45, 7) is 8.85. The van der Waals surface area contributed by atoms with Crippen LogP contribution in [-0.2, 0) is 23.2 Å². The number of hydrogen-bond acceptors (Lipinski definition) is 7. The molecule has 0 radical (unpaired) electrons. The maximum absolute atomic E-state index is 14.3. The number of benzene rings is 2. The molecule has 3 aliphatic rings. The molecule has 1 fully saturated rings. The Morgan fingerprint density at radius 3 is 2.64 bits per heavy atom. The summed E-state index contributed by atoms with van der Waals surface area (Å²) >= 11 is 0. The normalized spacial score (nSPS) is 20.5. The fraction of sp³-hybridized carbons (Fsp3) is 0.419. The monoisotopic (exact) mass is 648 g/mol. The van der Waals surface area contributed by atoms with Crippen molar-refractivity contribution in [2.75, 3.05) is 37.6 Å². The van der Waals surface area contributed by atoms with E-state index in [1.807, 2.05) is 13.8 Å². The van der Waals surface area contributed by atoms with Crippen molar-refractivity contribution in [1.29, 1.82) is 0 Å². The lowest BCUT2D eigenvalue weighted by molar-refractivity contribution is -0.120. The lowest BCUT2D eigenvalue weighted by atomic mass is 9.91. The first kappa shape index (κ1) is 33.5. The average Bonchev–Trinajstić information content (AvgIpc) is 3.39. The largest absolute Gasteiger partial charge is 0.508 e. The molecule has 1 saturated heterocycles. The molecule has 0 saturated carbocycles. The number of fused-ring (bicyclic) bond motifs is 2. The van der Waals surface area contributed by atoms with Gasteiger partial charge in [-0.3, -0.25) is 14.5 Å². The van der Waals surface area contributed by atoms with Gasteiger partial charge in [0.2, 0.25) is 5.91 Å². The maximum atomic E-state index is 14.3. The number of phenols is 1. The van der Waals surface area contributed by atoms with Gasteiger partial charge in [0.15, 0.2) is 0 Å². The molecule has 3 aromatic rings. The number of aromatic nitrogens is 2. The van der Waals surface area contributed by atoms with Crippen LogP contribution in [-0.4, -0.2) is 81.7 Å². The molecule has 1 aromatic heterocycles. The van der Waals surface area contributed by atoms with Crippen LogP contribution >= 0.6 is 24.8 Å². The summed E-state index contributed by atoms with van der Waals surface area (Å²) < 4.78 is 27.7. The fourth-order valence-corrected chi connectivity index (χ4v) is 6.25. The summed E-state index contributed by atoms with van der Waals surface area (Å²) in [7, 11) is 0. The summed E-state index contributed by atoms with van der Waals surface area (Å²) in [6.07, 6.45) is 0.121. The average molecular weight is 650 g/mol. The molecule has 3 aliphatic heterocycles. The van der Waals surface area contributed by atoms with E-state index in [1.54, 1.807) is 28.0 Å². The lowest BCUT2D eigenvalue weighted by Crippen LogP contribution is -2.60. The Balaban J connectivity index is 0.00000221. The third-order valence-electron chi connectivity index (χ3n) is 8.47. The number of nitrogens with one attached hydrogen (secondary N) is 1. The topological polar surface area (TPSA) is 102 Å². The Kier molecular flexibility index (Phi) is 9.84. The first-order valence-electron chi connectivity index (χ1n) is 14.2. The summed E-state index contributed by atoms with van der Waals surface area (Å²) in [4.78, 5) is 32.6. The highest BCUT2D eigenvalue weighted by molar-refractivity contribution is 5.99. The number of piperazine rings is 1. The third kappa shape index (κ3) is 6.51. The SMILES string of the molecule is C[C@@H]1CN(CC(=O)N2CC(C)(C)c3nnc(Cc4ccc(F)cc4F)cc32)[C@@H](CN2Cc3ccc(O)cc3C2=O)CN1.Cl.Cl. The van der Waals surface area contributed by atoms with Crippen LogP contribution in [0.5, 0.6) is 5.75 Å². The number of rotatable bonds is 6. The van der Waals surface area contributed by atoms with E-state index in [2.05, 4.69) is 27.3 Å². The Bertz CT molecular complexity index is 1580. The highest BCUT2D eigenvalue weighted by Crippen LogP contribution is 2.39. The van der Waals surface area contributed by atoms with Crippen molar-refractivity contribution < 1.29 is 23.5 Å². The van der Waals surface area contributed by atoms with Gasteiger partial charge in [-0.1, -0.05) is 26.0 Å². The van der Waals surface area contributed by atoms with Crippen LogP contribution in [0.2, 0.25) is 0 Å². The van der Waals surface area contributed by atoms with Gasteiger partial charge >= 0.3 is 0 Å². The lowest BCUT2D eigenvalue weighted by Gasteiger charge is -2.41. The minimum Gasteiger partial charge on any atom is -0.508 e. The fourth-order valence-electron chi connectivity index (χ4n) is 6.25. The Hall–Kier alpha value is -3.38. The molecule has 2 N–H and O–H groups in total.